The van der Waals surface area contributed by atoms with Crippen LogP contribution in [-0.2, 0) is 4.74 Å². The first-order valence-electron chi connectivity index (χ1n) is 5.19. The average Bonchev–Trinajstić information content (AvgIpc) is 2.17. The van der Waals surface area contributed by atoms with Gasteiger partial charge in [-0.25, -0.2) is 0 Å². The maximum Gasteiger partial charge on any atom is 0.0594 e. The molecule has 1 aliphatic rings. The Bertz CT molecular complexity index is 126. The molecule has 3 heteroatoms. The lowest BCUT2D eigenvalue weighted by molar-refractivity contribution is 0.0356. The van der Waals surface area contributed by atoms with Gasteiger partial charge in [-0.2, -0.15) is 0 Å². The zero-order valence-corrected chi connectivity index (χ0v) is 10.1. The maximum absolute atomic E-state index is 5.30. The van der Waals surface area contributed by atoms with Crippen LogP contribution in [0.3, 0.4) is 0 Å². The first-order chi connectivity index (χ1) is 6.33. The normalized spacial score (nSPS) is 21.7. The summed E-state index contributed by atoms with van der Waals surface area (Å²) in [6, 6.07) is 0. The second kappa shape index (κ2) is 6.80. The molecule has 1 aliphatic heterocycles. The van der Waals surface area contributed by atoms with Gasteiger partial charge in [0.2, 0.25) is 0 Å². The van der Waals surface area contributed by atoms with Crippen LogP contribution in [0.1, 0.15) is 19.8 Å². The van der Waals surface area contributed by atoms with Crippen LogP contribution < -0.4 is 0 Å². The van der Waals surface area contributed by atoms with E-state index in [2.05, 4.69) is 27.8 Å². The average molecular weight is 250 g/mol. The molecular weight excluding hydrogens is 230 g/mol. The van der Waals surface area contributed by atoms with Gasteiger partial charge in [0, 0.05) is 18.4 Å². The minimum Gasteiger partial charge on any atom is -0.379 e. The van der Waals surface area contributed by atoms with Crippen molar-refractivity contribution in [2.45, 2.75) is 19.8 Å². The molecule has 1 atom stereocenters. The Labute approximate surface area is 89.8 Å². The molecule has 13 heavy (non-hydrogen) atoms. The number of alkyl halides is 1. The summed E-state index contributed by atoms with van der Waals surface area (Å²) in [7, 11) is 0. The standard InChI is InChI=1S/C10H20BrNO/c1-10(2-4-11)3-5-12-6-8-13-9-7-12/h10H,2-9H2,1H3. The lowest BCUT2D eigenvalue weighted by Gasteiger charge is -2.27. The van der Waals surface area contributed by atoms with Crippen molar-refractivity contribution in [3.63, 3.8) is 0 Å². The van der Waals surface area contributed by atoms with Gasteiger partial charge in [-0.05, 0) is 25.3 Å². The Morgan fingerprint density at radius 2 is 2.00 bits per heavy atom. The fourth-order valence-electron chi connectivity index (χ4n) is 1.56. The van der Waals surface area contributed by atoms with Crippen molar-refractivity contribution >= 4 is 15.9 Å². The third-order valence-electron chi connectivity index (χ3n) is 2.64. The molecular formula is C10H20BrNO. The zero-order chi connectivity index (χ0) is 9.52. The van der Waals surface area contributed by atoms with Gasteiger partial charge in [-0.1, -0.05) is 22.9 Å². The molecule has 0 aromatic carbocycles. The fourth-order valence-corrected chi connectivity index (χ4v) is 2.34. The largest absolute Gasteiger partial charge is 0.379 e. The first kappa shape index (κ1) is 11.5. The lowest BCUT2D eigenvalue weighted by atomic mass is 10.1. The molecule has 1 saturated heterocycles. The van der Waals surface area contributed by atoms with Crippen LogP contribution in [0, 0.1) is 5.92 Å². The molecule has 1 rings (SSSR count). The van der Waals surface area contributed by atoms with E-state index in [1.54, 1.807) is 0 Å². The highest BCUT2D eigenvalue weighted by Gasteiger charge is 2.11. The van der Waals surface area contributed by atoms with Gasteiger partial charge >= 0.3 is 0 Å². The predicted octanol–water partition coefficient (Wildman–Crippen LogP) is 2.13. The minimum atomic E-state index is 0.849. The molecule has 0 aromatic heterocycles. The van der Waals surface area contributed by atoms with E-state index in [-0.39, 0.29) is 0 Å². The molecule has 0 radical (unpaired) electrons. The molecule has 1 fully saturated rings. The van der Waals surface area contributed by atoms with Crippen LogP contribution >= 0.6 is 15.9 Å². The molecule has 0 aromatic rings. The van der Waals surface area contributed by atoms with Gasteiger partial charge in [0.15, 0.2) is 0 Å². The molecule has 78 valence electrons. The summed E-state index contributed by atoms with van der Waals surface area (Å²) >= 11 is 3.48. The number of nitrogens with zero attached hydrogens (tertiary/aromatic N) is 1. The van der Waals surface area contributed by atoms with Crippen molar-refractivity contribution in [1.82, 2.24) is 4.90 Å². The number of halogens is 1. The van der Waals surface area contributed by atoms with Crippen molar-refractivity contribution in [2.24, 2.45) is 5.92 Å². The van der Waals surface area contributed by atoms with Gasteiger partial charge in [-0.15, -0.1) is 0 Å². The molecule has 1 heterocycles. The monoisotopic (exact) mass is 249 g/mol. The van der Waals surface area contributed by atoms with Gasteiger partial charge in [0.25, 0.3) is 0 Å². The number of morpholine rings is 1. The molecule has 0 amide bonds. The van der Waals surface area contributed by atoms with Crippen LogP contribution in [0.4, 0.5) is 0 Å². The van der Waals surface area contributed by atoms with Crippen molar-refractivity contribution in [3.8, 4) is 0 Å². The summed E-state index contributed by atoms with van der Waals surface area (Å²) in [6.07, 6.45) is 2.62. The highest BCUT2D eigenvalue weighted by Crippen LogP contribution is 2.10. The summed E-state index contributed by atoms with van der Waals surface area (Å²) in [4.78, 5) is 2.51. The smallest absolute Gasteiger partial charge is 0.0594 e. The molecule has 0 spiro atoms. The maximum atomic E-state index is 5.30. The number of hydrogen-bond donors (Lipinski definition) is 0. The van der Waals surface area contributed by atoms with E-state index in [1.165, 1.54) is 19.4 Å². The topological polar surface area (TPSA) is 12.5 Å². The SMILES string of the molecule is CC(CCBr)CCN1CCOCC1. The van der Waals surface area contributed by atoms with E-state index in [0.29, 0.717) is 0 Å². The summed E-state index contributed by atoms with van der Waals surface area (Å²) in [5.41, 5.74) is 0. The van der Waals surface area contributed by atoms with Gasteiger partial charge in [0.1, 0.15) is 0 Å². The second-order valence-corrected chi connectivity index (χ2v) is 4.62. The van der Waals surface area contributed by atoms with E-state index in [9.17, 15) is 0 Å². The first-order valence-corrected chi connectivity index (χ1v) is 6.31. The van der Waals surface area contributed by atoms with Crippen LogP contribution in [0.25, 0.3) is 0 Å². The molecule has 0 N–H and O–H groups in total. The van der Waals surface area contributed by atoms with E-state index < -0.39 is 0 Å². The highest BCUT2D eigenvalue weighted by molar-refractivity contribution is 9.09. The van der Waals surface area contributed by atoms with Crippen LogP contribution in [0.5, 0.6) is 0 Å². The molecule has 0 bridgehead atoms. The third-order valence-corrected chi connectivity index (χ3v) is 3.10. The molecule has 0 aliphatic carbocycles. The van der Waals surface area contributed by atoms with Crippen molar-refractivity contribution in [2.75, 3.05) is 38.2 Å². The third kappa shape index (κ3) is 4.99. The van der Waals surface area contributed by atoms with Crippen molar-refractivity contribution < 1.29 is 4.74 Å². The van der Waals surface area contributed by atoms with Gasteiger partial charge in [-0.3, -0.25) is 4.90 Å². The Morgan fingerprint density at radius 1 is 1.31 bits per heavy atom. The predicted molar refractivity (Wildman–Crippen MR) is 59.5 cm³/mol. The van der Waals surface area contributed by atoms with Gasteiger partial charge < -0.3 is 4.74 Å². The summed E-state index contributed by atoms with van der Waals surface area (Å²) in [6.45, 7) is 7.68. The van der Waals surface area contributed by atoms with Gasteiger partial charge in [0.05, 0.1) is 13.2 Å². The van der Waals surface area contributed by atoms with Crippen LogP contribution in [0.2, 0.25) is 0 Å². The Hall–Kier alpha value is 0.400. The van der Waals surface area contributed by atoms with E-state index in [1.807, 2.05) is 0 Å². The number of ether oxygens (including phenoxy) is 1. The Kier molecular flexibility index (Phi) is 6.00. The minimum absolute atomic E-state index is 0.849. The van der Waals surface area contributed by atoms with Crippen molar-refractivity contribution in [3.05, 3.63) is 0 Å². The van der Waals surface area contributed by atoms with E-state index in [0.717, 1.165) is 37.6 Å². The lowest BCUT2D eigenvalue weighted by Crippen LogP contribution is -2.37. The molecule has 1 unspecified atom stereocenters. The Morgan fingerprint density at radius 3 is 2.62 bits per heavy atom. The fraction of sp³-hybridized carbons (Fsp3) is 1.00. The number of hydrogen-bond acceptors (Lipinski definition) is 2. The van der Waals surface area contributed by atoms with Crippen LogP contribution in [0.15, 0.2) is 0 Å². The highest BCUT2D eigenvalue weighted by atomic mass is 79.9. The van der Waals surface area contributed by atoms with E-state index >= 15 is 0 Å². The summed E-state index contributed by atoms with van der Waals surface area (Å²) in [5, 5.41) is 1.14. The Balaban J connectivity index is 2.03. The van der Waals surface area contributed by atoms with E-state index in [4.69, 9.17) is 4.74 Å². The zero-order valence-electron chi connectivity index (χ0n) is 8.47. The van der Waals surface area contributed by atoms with Crippen molar-refractivity contribution in [1.29, 1.82) is 0 Å². The molecule has 0 saturated carbocycles. The van der Waals surface area contributed by atoms with Crippen LogP contribution in [-0.4, -0.2) is 43.1 Å². The summed E-state index contributed by atoms with van der Waals surface area (Å²) < 4.78 is 5.30. The number of rotatable bonds is 5. The second-order valence-electron chi connectivity index (χ2n) is 3.83. The quantitative estimate of drug-likeness (QED) is 0.693. The summed E-state index contributed by atoms with van der Waals surface area (Å²) in [5.74, 6) is 0.849. The molecule has 2 nitrogen and oxygen atoms in total.